The van der Waals surface area contributed by atoms with E-state index in [1.165, 1.54) is 6.42 Å². The zero-order chi connectivity index (χ0) is 14.0. The Morgan fingerprint density at radius 3 is 2.79 bits per heavy atom. The average Bonchev–Trinajstić information content (AvgIpc) is 2.89. The number of hydrogen-bond donors (Lipinski definition) is 1. The number of rotatable bonds is 4. The van der Waals surface area contributed by atoms with Crippen molar-refractivity contribution in [2.45, 2.75) is 30.8 Å². The highest BCUT2D eigenvalue weighted by Gasteiger charge is 2.43. The SMILES string of the molecule is Cc1c(Cl)cccc1O[C@](I)(C(C)C)C1CCNC1. The van der Waals surface area contributed by atoms with Crippen LogP contribution in [0.1, 0.15) is 25.8 Å². The minimum atomic E-state index is -0.184. The Morgan fingerprint density at radius 1 is 1.47 bits per heavy atom. The van der Waals surface area contributed by atoms with E-state index < -0.39 is 0 Å². The number of benzene rings is 1. The first-order valence-corrected chi connectivity index (χ1v) is 8.24. The molecule has 2 atom stereocenters. The van der Waals surface area contributed by atoms with Crippen LogP contribution < -0.4 is 10.1 Å². The normalized spacial score (nSPS) is 22.5. The molecular formula is C15H21ClINO. The van der Waals surface area contributed by atoms with Gasteiger partial charge in [0.25, 0.3) is 0 Å². The first kappa shape index (κ1) is 15.4. The van der Waals surface area contributed by atoms with E-state index in [9.17, 15) is 0 Å². The quantitative estimate of drug-likeness (QED) is 0.604. The molecule has 1 aromatic carbocycles. The number of halogens is 2. The van der Waals surface area contributed by atoms with Gasteiger partial charge in [-0.15, -0.1) is 0 Å². The van der Waals surface area contributed by atoms with Gasteiger partial charge in [0.15, 0.2) is 3.61 Å². The van der Waals surface area contributed by atoms with E-state index in [0.717, 1.165) is 29.4 Å². The molecule has 0 aliphatic carbocycles. The van der Waals surface area contributed by atoms with E-state index in [4.69, 9.17) is 16.3 Å². The van der Waals surface area contributed by atoms with E-state index in [-0.39, 0.29) is 3.61 Å². The van der Waals surface area contributed by atoms with Gasteiger partial charge in [0.2, 0.25) is 0 Å². The van der Waals surface area contributed by atoms with Gasteiger partial charge in [0, 0.05) is 29.0 Å². The van der Waals surface area contributed by atoms with Gasteiger partial charge >= 0.3 is 0 Å². The van der Waals surface area contributed by atoms with Crippen LogP contribution in [0.3, 0.4) is 0 Å². The fraction of sp³-hybridized carbons (Fsp3) is 0.600. The molecule has 4 heteroatoms. The first-order chi connectivity index (χ1) is 8.95. The molecule has 1 unspecified atom stereocenters. The third-order valence-electron chi connectivity index (χ3n) is 3.89. The number of hydrogen-bond acceptors (Lipinski definition) is 2. The predicted octanol–water partition coefficient (Wildman–Crippen LogP) is 4.42. The lowest BCUT2D eigenvalue weighted by Gasteiger charge is -2.38. The van der Waals surface area contributed by atoms with E-state index in [1.54, 1.807) is 0 Å². The topological polar surface area (TPSA) is 21.3 Å². The molecular weight excluding hydrogens is 373 g/mol. The molecule has 0 saturated carbocycles. The molecule has 106 valence electrons. The molecule has 0 spiro atoms. The van der Waals surface area contributed by atoms with Gasteiger partial charge in [-0.25, -0.2) is 0 Å². The van der Waals surface area contributed by atoms with Gasteiger partial charge in [-0.2, -0.15) is 0 Å². The van der Waals surface area contributed by atoms with Gasteiger partial charge < -0.3 is 10.1 Å². The maximum atomic E-state index is 6.42. The summed E-state index contributed by atoms with van der Waals surface area (Å²) in [6.07, 6.45) is 1.17. The summed E-state index contributed by atoms with van der Waals surface area (Å²) in [5.74, 6) is 1.88. The number of nitrogens with one attached hydrogen (secondary N) is 1. The Hall–Kier alpha value is -0.0000000000000000763. The molecule has 0 radical (unpaired) electrons. The molecule has 0 amide bonds. The van der Waals surface area contributed by atoms with E-state index in [2.05, 4.69) is 41.8 Å². The molecule has 0 bridgehead atoms. The van der Waals surface area contributed by atoms with Gasteiger partial charge in [-0.1, -0.05) is 31.5 Å². The van der Waals surface area contributed by atoms with Crippen LogP contribution in [-0.2, 0) is 0 Å². The highest BCUT2D eigenvalue weighted by atomic mass is 127. The fourth-order valence-corrected chi connectivity index (χ4v) is 3.46. The zero-order valence-corrected chi connectivity index (χ0v) is 14.6. The second-order valence-corrected chi connectivity index (χ2v) is 7.60. The van der Waals surface area contributed by atoms with Crippen molar-refractivity contribution in [3.8, 4) is 5.75 Å². The molecule has 1 aromatic rings. The van der Waals surface area contributed by atoms with Crippen LogP contribution in [0.25, 0.3) is 0 Å². The summed E-state index contributed by atoms with van der Waals surface area (Å²) in [5.41, 5.74) is 1.02. The van der Waals surface area contributed by atoms with Crippen LogP contribution in [0.15, 0.2) is 18.2 Å². The molecule has 1 N–H and O–H groups in total. The smallest absolute Gasteiger partial charge is 0.165 e. The monoisotopic (exact) mass is 393 g/mol. The van der Waals surface area contributed by atoms with Crippen molar-refractivity contribution in [3.05, 3.63) is 28.8 Å². The summed E-state index contributed by atoms with van der Waals surface area (Å²) in [6, 6.07) is 5.87. The minimum absolute atomic E-state index is 0.184. The van der Waals surface area contributed by atoms with Crippen molar-refractivity contribution >= 4 is 34.2 Å². The second-order valence-electron chi connectivity index (χ2n) is 5.51. The molecule has 1 aliphatic heterocycles. The maximum absolute atomic E-state index is 6.42. The summed E-state index contributed by atoms with van der Waals surface area (Å²) < 4.78 is 6.24. The standard InChI is InChI=1S/C15H21ClINO/c1-10(2)15(17,12-7-8-18-9-12)19-14-6-4-5-13(16)11(14)3/h4-6,10,12,18H,7-9H2,1-3H3/t12?,15-/m1/s1. The lowest BCUT2D eigenvalue weighted by atomic mass is 9.92. The third kappa shape index (κ3) is 3.19. The molecule has 1 aliphatic rings. The largest absolute Gasteiger partial charge is 0.476 e. The molecule has 0 aromatic heterocycles. The van der Waals surface area contributed by atoms with Crippen LogP contribution in [-0.4, -0.2) is 16.7 Å². The Morgan fingerprint density at radius 2 is 2.21 bits per heavy atom. The molecule has 1 saturated heterocycles. The summed E-state index contributed by atoms with van der Waals surface area (Å²) in [4.78, 5) is 0. The van der Waals surface area contributed by atoms with Crippen molar-refractivity contribution in [3.63, 3.8) is 0 Å². The van der Waals surface area contributed by atoms with Gasteiger partial charge in [0.1, 0.15) is 5.75 Å². The molecule has 19 heavy (non-hydrogen) atoms. The van der Waals surface area contributed by atoms with Crippen molar-refractivity contribution in [1.29, 1.82) is 0 Å². The first-order valence-electron chi connectivity index (χ1n) is 6.79. The number of ether oxygens (including phenoxy) is 1. The Labute approximate surface area is 134 Å². The third-order valence-corrected chi connectivity index (χ3v) is 6.64. The van der Waals surface area contributed by atoms with Crippen molar-refractivity contribution in [2.24, 2.45) is 11.8 Å². The van der Waals surface area contributed by atoms with Crippen molar-refractivity contribution in [1.82, 2.24) is 5.32 Å². The van der Waals surface area contributed by atoms with Gasteiger partial charge in [-0.3, -0.25) is 0 Å². The van der Waals surface area contributed by atoms with Crippen LogP contribution in [0.5, 0.6) is 5.75 Å². The lowest BCUT2D eigenvalue weighted by Crippen LogP contribution is -2.43. The van der Waals surface area contributed by atoms with Crippen LogP contribution in [0, 0.1) is 18.8 Å². The molecule has 1 fully saturated rings. The summed E-state index contributed by atoms with van der Waals surface area (Å²) >= 11 is 8.68. The Bertz CT molecular complexity index is 446. The van der Waals surface area contributed by atoms with Gasteiger partial charge in [0.05, 0.1) is 0 Å². The second kappa shape index (κ2) is 6.19. The van der Waals surface area contributed by atoms with E-state index in [0.29, 0.717) is 11.8 Å². The fourth-order valence-electron chi connectivity index (χ4n) is 2.53. The molecule has 2 rings (SSSR count). The summed E-state index contributed by atoms with van der Waals surface area (Å²) in [7, 11) is 0. The highest BCUT2D eigenvalue weighted by molar-refractivity contribution is 14.1. The van der Waals surface area contributed by atoms with Crippen LogP contribution in [0.2, 0.25) is 5.02 Å². The molecule has 1 heterocycles. The van der Waals surface area contributed by atoms with E-state index in [1.807, 2.05) is 25.1 Å². The minimum Gasteiger partial charge on any atom is -0.476 e. The summed E-state index contributed by atoms with van der Waals surface area (Å²) in [6.45, 7) is 8.58. The van der Waals surface area contributed by atoms with Crippen LogP contribution >= 0.6 is 34.2 Å². The maximum Gasteiger partial charge on any atom is 0.165 e. The number of alkyl halides is 1. The molecule has 2 nitrogen and oxygen atoms in total. The van der Waals surface area contributed by atoms with E-state index >= 15 is 0 Å². The predicted molar refractivity (Wildman–Crippen MR) is 89.4 cm³/mol. The van der Waals surface area contributed by atoms with Crippen LogP contribution in [0.4, 0.5) is 0 Å². The van der Waals surface area contributed by atoms with Crippen molar-refractivity contribution in [2.75, 3.05) is 13.1 Å². The Balaban J connectivity index is 2.28. The highest BCUT2D eigenvalue weighted by Crippen LogP contribution is 2.42. The average molecular weight is 394 g/mol. The van der Waals surface area contributed by atoms with Gasteiger partial charge in [-0.05, 0) is 54.6 Å². The Kier molecular flexibility index (Phi) is 5.01. The zero-order valence-electron chi connectivity index (χ0n) is 11.7. The summed E-state index contributed by atoms with van der Waals surface area (Å²) in [5, 5.41) is 4.20. The lowest BCUT2D eigenvalue weighted by molar-refractivity contribution is 0.0788. The van der Waals surface area contributed by atoms with Crippen molar-refractivity contribution < 1.29 is 4.74 Å².